The van der Waals surface area contributed by atoms with Crippen molar-refractivity contribution in [2.45, 2.75) is 31.2 Å². The number of hydrogen-bond donors (Lipinski definition) is 1. The van der Waals surface area contributed by atoms with Crippen LogP contribution in [0.2, 0.25) is 0 Å². The summed E-state index contributed by atoms with van der Waals surface area (Å²) in [4.78, 5) is 4.64. The lowest BCUT2D eigenvalue weighted by molar-refractivity contribution is 0.0659. The maximum atomic E-state index is 5.47. The second-order valence-corrected chi connectivity index (χ2v) is 5.72. The van der Waals surface area contributed by atoms with E-state index in [1.165, 1.54) is 17.5 Å². The van der Waals surface area contributed by atoms with Gasteiger partial charge in [0.1, 0.15) is 6.04 Å². The number of hydrogen-bond acceptors (Lipinski definition) is 5. The largest absolute Gasteiger partial charge is 0.378 e. The minimum absolute atomic E-state index is 0.0267. The molecule has 1 aliphatic carbocycles. The molecule has 1 N–H and O–H groups in total. The van der Waals surface area contributed by atoms with Crippen molar-refractivity contribution in [3.8, 4) is 0 Å². The van der Waals surface area contributed by atoms with E-state index in [0.717, 1.165) is 31.8 Å². The van der Waals surface area contributed by atoms with Gasteiger partial charge in [-0.2, -0.15) is 4.98 Å². The number of aryl methyl sites for hydroxylation is 1. The summed E-state index contributed by atoms with van der Waals surface area (Å²) in [5.74, 6) is 1.72. The third-order valence-corrected chi connectivity index (χ3v) is 4.36. The Labute approximate surface area is 123 Å². The summed E-state index contributed by atoms with van der Waals surface area (Å²) in [5, 5.41) is 7.58. The van der Waals surface area contributed by atoms with Gasteiger partial charge in [-0.1, -0.05) is 29.4 Å². The lowest BCUT2D eigenvalue weighted by Gasteiger charge is -2.23. The van der Waals surface area contributed by atoms with Gasteiger partial charge in [0.2, 0.25) is 5.89 Å². The van der Waals surface area contributed by atoms with Gasteiger partial charge in [-0.3, -0.25) is 0 Å². The van der Waals surface area contributed by atoms with Crippen LogP contribution in [-0.2, 0) is 11.2 Å². The van der Waals surface area contributed by atoms with Crippen molar-refractivity contribution in [1.29, 1.82) is 0 Å². The molecule has 1 aromatic carbocycles. The summed E-state index contributed by atoms with van der Waals surface area (Å²) in [7, 11) is 0. The first-order valence-electron chi connectivity index (χ1n) is 7.64. The Morgan fingerprint density at radius 2 is 2.19 bits per heavy atom. The molecule has 2 heterocycles. The normalized spacial score (nSPS) is 25.5. The molecule has 4 rings (SSSR count). The van der Waals surface area contributed by atoms with Gasteiger partial charge in [0.25, 0.3) is 0 Å². The van der Waals surface area contributed by atoms with Crippen LogP contribution in [0.1, 0.15) is 47.6 Å². The van der Waals surface area contributed by atoms with Gasteiger partial charge in [-0.05, 0) is 30.4 Å². The first-order chi connectivity index (χ1) is 10.4. The molecule has 1 aliphatic heterocycles. The van der Waals surface area contributed by atoms with Crippen molar-refractivity contribution in [2.75, 3.05) is 19.8 Å². The number of aromatic nitrogens is 2. The molecule has 0 spiro atoms. The van der Waals surface area contributed by atoms with Crippen molar-refractivity contribution in [3.05, 3.63) is 47.1 Å². The van der Waals surface area contributed by atoms with Crippen LogP contribution in [0.4, 0.5) is 0 Å². The van der Waals surface area contributed by atoms with E-state index in [9.17, 15) is 0 Å². The Morgan fingerprint density at radius 1 is 1.24 bits per heavy atom. The van der Waals surface area contributed by atoms with Gasteiger partial charge < -0.3 is 14.6 Å². The molecule has 1 aromatic heterocycles. The standard InChI is InChI=1S/C16H19N3O2/c1-2-6-12-11(4-1)5-3-7-13(12)15-18-16(21-19-15)14-10-20-9-8-17-14/h1-2,4,6,13-14,17H,3,5,7-10H2. The fourth-order valence-corrected chi connectivity index (χ4v) is 3.28. The van der Waals surface area contributed by atoms with E-state index in [1.807, 2.05) is 0 Å². The fraction of sp³-hybridized carbons (Fsp3) is 0.500. The molecule has 2 aromatic rings. The third kappa shape index (κ3) is 2.47. The van der Waals surface area contributed by atoms with Crippen molar-refractivity contribution in [2.24, 2.45) is 0 Å². The zero-order valence-corrected chi connectivity index (χ0v) is 11.9. The number of ether oxygens (including phenoxy) is 1. The minimum Gasteiger partial charge on any atom is -0.378 e. The molecule has 5 nitrogen and oxygen atoms in total. The van der Waals surface area contributed by atoms with E-state index >= 15 is 0 Å². The maximum absolute atomic E-state index is 5.47. The van der Waals surface area contributed by atoms with E-state index in [1.54, 1.807) is 0 Å². The van der Waals surface area contributed by atoms with E-state index < -0.39 is 0 Å². The predicted octanol–water partition coefficient (Wildman–Crippen LogP) is 2.20. The smallest absolute Gasteiger partial charge is 0.246 e. The van der Waals surface area contributed by atoms with Crippen LogP contribution in [0.3, 0.4) is 0 Å². The summed E-state index contributed by atoms with van der Waals surface area (Å²) in [6.45, 7) is 2.17. The molecule has 0 amide bonds. The SMILES string of the molecule is c1ccc2c(c1)CCCC2c1noc(C2COCCN2)n1. The highest BCUT2D eigenvalue weighted by molar-refractivity contribution is 5.36. The first kappa shape index (κ1) is 13.0. The van der Waals surface area contributed by atoms with Crippen LogP contribution < -0.4 is 5.32 Å². The average Bonchev–Trinajstić information content (AvgIpc) is 3.05. The topological polar surface area (TPSA) is 60.2 Å². The highest BCUT2D eigenvalue weighted by Crippen LogP contribution is 2.35. The number of nitrogens with one attached hydrogen (secondary N) is 1. The highest BCUT2D eigenvalue weighted by atomic mass is 16.5. The average molecular weight is 285 g/mol. The maximum Gasteiger partial charge on any atom is 0.246 e. The number of fused-ring (bicyclic) bond motifs is 1. The number of benzene rings is 1. The number of nitrogens with zero attached hydrogens (tertiary/aromatic N) is 2. The van der Waals surface area contributed by atoms with E-state index in [0.29, 0.717) is 12.5 Å². The second-order valence-electron chi connectivity index (χ2n) is 5.72. The van der Waals surface area contributed by atoms with Crippen LogP contribution in [-0.4, -0.2) is 29.9 Å². The Kier molecular flexibility index (Phi) is 3.45. The van der Waals surface area contributed by atoms with Gasteiger partial charge >= 0.3 is 0 Å². The van der Waals surface area contributed by atoms with E-state index in [4.69, 9.17) is 9.26 Å². The number of rotatable bonds is 2. The third-order valence-electron chi connectivity index (χ3n) is 4.36. The molecule has 2 atom stereocenters. The van der Waals surface area contributed by atoms with Gasteiger partial charge in [-0.25, -0.2) is 0 Å². The molecule has 21 heavy (non-hydrogen) atoms. The Balaban J connectivity index is 1.61. The van der Waals surface area contributed by atoms with E-state index in [2.05, 4.69) is 39.7 Å². The van der Waals surface area contributed by atoms with Crippen LogP contribution in [0, 0.1) is 0 Å². The summed E-state index contributed by atoms with van der Waals surface area (Å²) in [6, 6.07) is 8.62. The van der Waals surface area contributed by atoms with Crippen molar-refractivity contribution < 1.29 is 9.26 Å². The zero-order valence-electron chi connectivity index (χ0n) is 11.9. The van der Waals surface area contributed by atoms with Gasteiger partial charge in [0.15, 0.2) is 5.82 Å². The molecule has 5 heteroatoms. The molecule has 2 unspecified atom stereocenters. The fourth-order valence-electron chi connectivity index (χ4n) is 3.28. The summed E-state index contributed by atoms with van der Waals surface area (Å²) in [6.07, 6.45) is 3.41. The minimum atomic E-state index is 0.0267. The van der Waals surface area contributed by atoms with Crippen LogP contribution in [0.25, 0.3) is 0 Å². The quantitative estimate of drug-likeness (QED) is 0.916. The summed E-state index contributed by atoms with van der Waals surface area (Å²) < 4.78 is 10.9. The molecule has 1 saturated heterocycles. The van der Waals surface area contributed by atoms with Crippen LogP contribution in [0.5, 0.6) is 0 Å². The molecule has 0 radical (unpaired) electrons. The zero-order chi connectivity index (χ0) is 14.1. The monoisotopic (exact) mass is 285 g/mol. The molecule has 2 aliphatic rings. The van der Waals surface area contributed by atoms with Gasteiger partial charge in [-0.15, -0.1) is 0 Å². The molecule has 0 bridgehead atoms. The molecule has 110 valence electrons. The summed E-state index contributed by atoms with van der Waals surface area (Å²) in [5.41, 5.74) is 2.77. The molecule has 1 fully saturated rings. The number of morpholine rings is 1. The Hall–Kier alpha value is -1.72. The summed E-state index contributed by atoms with van der Waals surface area (Å²) >= 11 is 0. The predicted molar refractivity (Wildman–Crippen MR) is 77.1 cm³/mol. The molecular weight excluding hydrogens is 266 g/mol. The van der Waals surface area contributed by atoms with Gasteiger partial charge in [0, 0.05) is 12.5 Å². The second kappa shape index (κ2) is 5.58. The highest BCUT2D eigenvalue weighted by Gasteiger charge is 2.28. The first-order valence-corrected chi connectivity index (χ1v) is 7.64. The van der Waals surface area contributed by atoms with Crippen LogP contribution in [0.15, 0.2) is 28.8 Å². The van der Waals surface area contributed by atoms with Crippen molar-refractivity contribution >= 4 is 0 Å². The van der Waals surface area contributed by atoms with Crippen molar-refractivity contribution in [1.82, 2.24) is 15.5 Å². The van der Waals surface area contributed by atoms with Gasteiger partial charge in [0.05, 0.1) is 13.2 Å². The Morgan fingerprint density at radius 3 is 3.10 bits per heavy atom. The Bertz CT molecular complexity index is 619. The van der Waals surface area contributed by atoms with Crippen molar-refractivity contribution in [3.63, 3.8) is 0 Å². The van der Waals surface area contributed by atoms with E-state index in [-0.39, 0.29) is 12.0 Å². The van der Waals surface area contributed by atoms with Crippen LogP contribution >= 0.6 is 0 Å². The molecular formula is C16H19N3O2. The molecule has 0 saturated carbocycles. The lowest BCUT2D eigenvalue weighted by Crippen LogP contribution is -2.34. The lowest BCUT2D eigenvalue weighted by atomic mass is 9.82.